The topological polar surface area (TPSA) is 58.4 Å². The number of hydrogen-bond donors (Lipinski definition) is 2. The summed E-state index contributed by atoms with van der Waals surface area (Å²) in [5.41, 5.74) is 7.43. The van der Waals surface area contributed by atoms with E-state index in [-0.39, 0.29) is 11.8 Å². The molecule has 1 aliphatic rings. The standard InChI is InChI=1S/C29H37N3OS/c1-31-19-8-14-26-16-17-27(34-26)15-9-20-32-21-18-25(22-32)29(28(30)33,23-10-4-2-5-11-23)24-12-6-3-7-13-24/h2-7,10-13,16-17,25,31H,8-9,14-15,18-22H2,1H3,(H2,30,33). The van der Waals surface area contributed by atoms with Crippen LogP contribution in [0.5, 0.6) is 0 Å². The van der Waals surface area contributed by atoms with Crippen molar-refractivity contribution in [3.63, 3.8) is 0 Å². The monoisotopic (exact) mass is 475 g/mol. The number of aryl methyl sites for hydroxylation is 2. The number of nitrogens with one attached hydrogen (secondary N) is 1. The molecule has 1 unspecified atom stereocenters. The second-order valence-electron chi connectivity index (χ2n) is 9.37. The SMILES string of the molecule is CNCCCc1ccc(CCCN2CCC(C(C(N)=O)(c3ccccc3)c3ccccc3)C2)s1. The molecule has 1 atom stereocenters. The first-order chi connectivity index (χ1) is 16.6. The number of carbonyl (C=O) groups is 1. The number of rotatable bonds is 12. The van der Waals surface area contributed by atoms with Crippen molar-refractivity contribution in [3.05, 3.63) is 93.7 Å². The van der Waals surface area contributed by atoms with Gasteiger partial charge in [0, 0.05) is 16.3 Å². The first kappa shape index (κ1) is 24.6. The summed E-state index contributed by atoms with van der Waals surface area (Å²) >= 11 is 1.96. The van der Waals surface area contributed by atoms with E-state index in [0.29, 0.717) is 0 Å². The van der Waals surface area contributed by atoms with Gasteiger partial charge in [0.25, 0.3) is 0 Å². The lowest BCUT2D eigenvalue weighted by atomic mass is 9.64. The average molecular weight is 476 g/mol. The normalized spacial score (nSPS) is 16.7. The second-order valence-corrected chi connectivity index (χ2v) is 10.6. The van der Waals surface area contributed by atoms with Crippen LogP contribution in [0.2, 0.25) is 0 Å². The van der Waals surface area contributed by atoms with E-state index < -0.39 is 5.41 Å². The quantitative estimate of drug-likeness (QED) is 0.376. The molecular formula is C29H37N3OS. The summed E-state index contributed by atoms with van der Waals surface area (Å²) in [5.74, 6) is -0.0866. The van der Waals surface area contributed by atoms with E-state index in [1.165, 1.54) is 16.2 Å². The Bertz CT molecular complexity index is 994. The zero-order valence-corrected chi connectivity index (χ0v) is 21.0. The van der Waals surface area contributed by atoms with Gasteiger partial charge in [-0.1, -0.05) is 60.7 Å². The Morgan fingerprint density at radius 3 is 2.12 bits per heavy atom. The molecule has 1 amide bonds. The van der Waals surface area contributed by atoms with Crippen LogP contribution in [0.15, 0.2) is 72.8 Å². The molecule has 2 aromatic carbocycles. The van der Waals surface area contributed by atoms with Gasteiger partial charge in [-0.15, -0.1) is 11.3 Å². The molecule has 0 radical (unpaired) electrons. The highest BCUT2D eigenvalue weighted by molar-refractivity contribution is 7.11. The van der Waals surface area contributed by atoms with Crippen LogP contribution in [0.25, 0.3) is 0 Å². The third-order valence-corrected chi connectivity index (χ3v) is 8.40. The number of hydrogen-bond acceptors (Lipinski definition) is 4. The summed E-state index contributed by atoms with van der Waals surface area (Å²) in [4.78, 5) is 18.7. The van der Waals surface area contributed by atoms with Crippen LogP contribution in [-0.2, 0) is 23.1 Å². The van der Waals surface area contributed by atoms with Crippen molar-refractivity contribution >= 4 is 17.2 Å². The zero-order valence-electron chi connectivity index (χ0n) is 20.2. The van der Waals surface area contributed by atoms with Crippen LogP contribution >= 0.6 is 11.3 Å². The molecule has 1 saturated heterocycles. The summed E-state index contributed by atoms with van der Waals surface area (Å²) in [5, 5.41) is 3.22. The van der Waals surface area contributed by atoms with Crippen molar-refractivity contribution in [1.82, 2.24) is 10.2 Å². The van der Waals surface area contributed by atoms with Crippen molar-refractivity contribution in [2.75, 3.05) is 33.2 Å². The fourth-order valence-electron chi connectivity index (χ4n) is 5.52. The van der Waals surface area contributed by atoms with Gasteiger partial charge in [-0.05, 0) is 88.0 Å². The first-order valence-corrected chi connectivity index (χ1v) is 13.3. The highest BCUT2D eigenvalue weighted by Gasteiger charge is 2.49. The summed E-state index contributed by atoms with van der Waals surface area (Å²) in [7, 11) is 2.01. The molecule has 3 N–H and O–H groups in total. The van der Waals surface area contributed by atoms with E-state index in [9.17, 15) is 4.79 Å². The molecule has 34 heavy (non-hydrogen) atoms. The summed E-state index contributed by atoms with van der Waals surface area (Å²) in [6, 6.07) is 24.9. The van der Waals surface area contributed by atoms with E-state index >= 15 is 0 Å². The van der Waals surface area contributed by atoms with Crippen molar-refractivity contribution in [2.24, 2.45) is 11.7 Å². The summed E-state index contributed by atoms with van der Waals surface area (Å²) in [6.07, 6.45) is 5.59. The molecule has 0 spiro atoms. The van der Waals surface area contributed by atoms with Gasteiger partial charge in [0.15, 0.2) is 0 Å². The number of nitrogens with zero attached hydrogens (tertiary/aromatic N) is 1. The Morgan fingerprint density at radius 2 is 1.56 bits per heavy atom. The van der Waals surface area contributed by atoms with Gasteiger partial charge in [-0.25, -0.2) is 0 Å². The fourth-order valence-corrected chi connectivity index (χ4v) is 6.62. The molecule has 2 heterocycles. The molecule has 180 valence electrons. The van der Waals surface area contributed by atoms with Crippen LogP contribution in [0, 0.1) is 5.92 Å². The lowest BCUT2D eigenvalue weighted by molar-refractivity contribution is -0.123. The van der Waals surface area contributed by atoms with E-state index in [1.807, 2.05) is 54.8 Å². The minimum Gasteiger partial charge on any atom is -0.369 e. The highest BCUT2D eigenvalue weighted by atomic mass is 32.1. The summed E-state index contributed by atoms with van der Waals surface area (Å²) in [6.45, 7) is 4.04. The Labute approximate surface area is 208 Å². The maximum atomic E-state index is 13.2. The largest absolute Gasteiger partial charge is 0.369 e. The van der Waals surface area contributed by atoms with Crippen molar-refractivity contribution in [2.45, 2.75) is 37.5 Å². The molecule has 0 saturated carbocycles. The summed E-state index contributed by atoms with van der Waals surface area (Å²) < 4.78 is 0. The predicted molar refractivity (Wildman–Crippen MR) is 142 cm³/mol. The van der Waals surface area contributed by atoms with Crippen LogP contribution in [0.3, 0.4) is 0 Å². The van der Waals surface area contributed by atoms with Gasteiger partial charge < -0.3 is 16.0 Å². The minimum absolute atomic E-state index is 0.162. The lowest BCUT2D eigenvalue weighted by Gasteiger charge is -2.37. The highest BCUT2D eigenvalue weighted by Crippen LogP contribution is 2.43. The Hall–Kier alpha value is -2.47. The third kappa shape index (κ3) is 5.43. The van der Waals surface area contributed by atoms with Gasteiger partial charge in [-0.2, -0.15) is 0 Å². The lowest BCUT2D eigenvalue weighted by Crippen LogP contribution is -2.49. The number of thiophene rings is 1. The van der Waals surface area contributed by atoms with E-state index in [4.69, 9.17) is 5.73 Å². The second kappa shape index (κ2) is 11.8. The predicted octanol–water partition coefficient (Wildman–Crippen LogP) is 4.63. The smallest absolute Gasteiger partial charge is 0.232 e. The fraction of sp³-hybridized carbons (Fsp3) is 0.414. The van der Waals surface area contributed by atoms with Crippen molar-refractivity contribution in [1.29, 1.82) is 0 Å². The van der Waals surface area contributed by atoms with Crippen LogP contribution in [0.4, 0.5) is 0 Å². The molecule has 4 rings (SSSR count). The molecule has 4 nitrogen and oxygen atoms in total. The number of likely N-dealkylation sites (tertiary alicyclic amines) is 1. The van der Waals surface area contributed by atoms with Crippen molar-refractivity contribution < 1.29 is 4.79 Å². The van der Waals surface area contributed by atoms with E-state index in [1.54, 1.807) is 0 Å². The number of primary amides is 1. The Balaban J connectivity index is 1.42. The van der Waals surface area contributed by atoms with Crippen LogP contribution < -0.4 is 11.1 Å². The number of carbonyl (C=O) groups excluding carboxylic acids is 1. The molecular weight excluding hydrogens is 438 g/mol. The molecule has 1 aromatic heterocycles. The minimum atomic E-state index is -0.798. The number of benzene rings is 2. The molecule has 0 bridgehead atoms. The first-order valence-electron chi connectivity index (χ1n) is 12.5. The van der Waals surface area contributed by atoms with Crippen LogP contribution in [-0.4, -0.2) is 44.0 Å². The Morgan fingerprint density at radius 1 is 0.971 bits per heavy atom. The number of nitrogens with two attached hydrogens (primary N) is 1. The Kier molecular flexibility index (Phi) is 8.54. The van der Waals surface area contributed by atoms with E-state index in [0.717, 1.165) is 63.0 Å². The zero-order chi connectivity index (χ0) is 23.8. The van der Waals surface area contributed by atoms with Gasteiger partial charge in [0.2, 0.25) is 5.91 Å². The molecule has 5 heteroatoms. The third-order valence-electron chi connectivity index (χ3n) is 7.20. The van der Waals surface area contributed by atoms with E-state index in [2.05, 4.69) is 46.6 Å². The molecule has 1 aliphatic heterocycles. The van der Waals surface area contributed by atoms with Gasteiger partial charge in [0.05, 0.1) is 0 Å². The van der Waals surface area contributed by atoms with Crippen LogP contribution in [0.1, 0.15) is 40.1 Å². The van der Waals surface area contributed by atoms with Gasteiger partial charge in [-0.3, -0.25) is 4.79 Å². The van der Waals surface area contributed by atoms with Gasteiger partial charge >= 0.3 is 0 Å². The molecule has 1 fully saturated rings. The maximum absolute atomic E-state index is 13.2. The number of amides is 1. The average Bonchev–Trinajstić information content (AvgIpc) is 3.51. The maximum Gasteiger partial charge on any atom is 0.232 e. The molecule has 3 aromatic rings. The molecule has 0 aliphatic carbocycles. The van der Waals surface area contributed by atoms with Gasteiger partial charge in [0.1, 0.15) is 5.41 Å². The van der Waals surface area contributed by atoms with Crippen molar-refractivity contribution in [3.8, 4) is 0 Å².